The van der Waals surface area contributed by atoms with Crippen LogP contribution >= 0.6 is 0 Å². The van der Waals surface area contributed by atoms with Crippen LogP contribution in [0.15, 0.2) is 12.2 Å². The van der Waals surface area contributed by atoms with Crippen molar-refractivity contribution in [1.29, 1.82) is 0 Å². The molecule has 0 aliphatic rings. The molecular weight excluding hydrogens is 232 g/mol. The maximum absolute atomic E-state index is 9.55. The number of carbonyl (C=O) groups is 2. The van der Waals surface area contributed by atoms with Gasteiger partial charge in [0.15, 0.2) is 0 Å². The van der Waals surface area contributed by atoms with E-state index < -0.39 is 17.4 Å². The third-order valence-electron chi connectivity index (χ3n) is 2.12. The lowest BCUT2D eigenvalue weighted by atomic mass is 9.88. The van der Waals surface area contributed by atoms with E-state index in [-0.39, 0.29) is 19.8 Å². The standard InChI is InChI=1S/C6H14O3.C4H4O4/c1-2-6(3-7,4-8)5-9;5-3(6)1-2-4(7)8/h7-9H,2-5H2,1H3;1-2H,(H,5,6)(H,7,8). The molecule has 0 bridgehead atoms. The van der Waals surface area contributed by atoms with Crippen molar-refractivity contribution in [2.75, 3.05) is 19.8 Å². The summed E-state index contributed by atoms with van der Waals surface area (Å²) in [6.45, 7) is 1.35. The Balaban J connectivity index is 0. The molecule has 0 aromatic carbocycles. The van der Waals surface area contributed by atoms with Crippen molar-refractivity contribution in [3.63, 3.8) is 0 Å². The van der Waals surface area contributed by atoms with Crippen molar-refractivity contribution in [2.24, 2.45) is 5.41 Å². The summed E-state index contributed by atoms with van der Waals surface area (Å²) in [4.78, 5) is 19.1. The molecule has 100 valence electrons. The molecule has 0 atom stereocenters. The van der Waals surface area contributed by atoms with E-state index in [1.165, 1.54) is 0 Å². The smallest absolute Gasteiger partial charge is 0.328 e. The quantitative estimate of drug-likeness (QED) is 0.384. The number of aliphatic hydroxyl groups excluding tert-OH is 3. The summed E-state index contributed by atoms with van der Waals surface area (Å²) in [7, 11) is 0. The zero-order valence-corrected chi connectivity index (χ0v) is 9.54. The molecule has 0 amide bonds. The van der Waals surface area contributed by atoms with Gasteiger partial charge in [0.2, 0.25) is 0 Å². The molecule has 7 nitrogen and oxygen atoms in total. The van der Waals surface area contributed by atoms with E-state index in [0.29, 0.717) is 18.6 Å². The molecule has 0 heterocycles. The Kier molecular flexibility index (Phi) is 10.3. The van der Waals surface area contributed by atoms with Crippen molar-refractivity contribution < 1.29 is 35.1 Å². The second-order valence-electron chi connectivity index (χ2n) is 3.34. The number of rotatable bonds is 6. The van der Waals surface area contributed by atoms with E-state index in [2.05, 4.69) is 0 Å². The van der Waals surface area contributed by atoms with Crippen molar-refractivity contribution in [3.8, 4) is 0 Å². The van der Waals surface area contributed by atoms with Gasteiger partial charge in [0.05, 0.1) is 19.8 Å². The minimum atomic E-state index is -1.26. The molecular formula is C10H18O7. The summed E-state index contributed by atoms with van der Waals surface area (Å²) in [5.74, 6) is -2.51. The van der Waals surface area contributed by atoms with Crippen LogP contribution in [0.3, 0.4) is 0 Å². The van der Waals surface area contributed by atoms with Crippen LogP contribution in [0.4, 0.5) is 0 Å². The molecule has 0 aromatic rings. The third-order valence-corrected chi connectivity index (χ3v) is 2.12. The molecule has 0 unspecified atom stereocenters. The molecule has 7 heteroatoms. The Morgan fingerprint density at radius 2 is 1.24 bits per heavy atom. The fourth-order valence-corrected chi connectivity index (χ4v) is 0.628. The zero-order chi connectivity index (χ0) is 13.9. The number of hydrogen-bond donors (Lipinski definition) is 5. The second-order valence-corrected chi connectivity index (χ2v) is 3.34. The first-order valence-electron chi connectivity index (χ1n) is 4.84. The maximum Gasteiger partial charge on any atom is 0.328 e. The Morgan fingerprint density at radius 1 is 0.941 bits per heavy atom. The molecule has 0 saturated carbocycles. The number of hydrogen-bond acceptors (Lipinski definition) is 5. The highest BCUT2D eigenvalue weighted by Crippen LogP contribution is 2.18. The minimum Gasteiger partial charge on any atom is -0.478 e. The second kappa shape index (κ2) is 9.76. The Labute approximate surface area is 98.6 Å². The molecule has 5 N–H and O–H groups in total. The highest BCUT2D eigenvalue weighted by molar-refractivity contribution is 5.89. The van der Waals surface area contributed by atoms with Crippen LogP contribution in [0.25, 0.3) is 0 Å². The lowest BCUT2D eigenvalue weighted by molar-refractivity contribution is -0.134. The fraction of sp³-hybridized carbons (Fsp3) is 0.600. The minimum absolute atomic E-state index is 0.156. The van der Waals surface area contributed by atoms with Gasteiger partial charge in [-0.3, -0.25) is 0 Å². The van der Waals surface area contributed by atoms with Gasteiger partial charge < -0.3 is 25.5 Å². The molecule has 0 aromatic heterocycles. The van der Waals surface area contributed by atoms with Crippen LogP contribution in [0.2, 0.25) is 0 Å². The van der Waals surface area contributed by atoms with Crippen molar-refractivity contribution in [1.82, 2.24) is 0 Å². The zero-order valence-electron chi connectivity index (χ0n) is 9.54. The molecule has 0 spiro atoms. The van der Waals surface area contributed by atoms with Crippen molar-refractivity contribution in [2.45, 2.75) is 13.3 Å². The van der Waals surface area contributed by atoms with E-state index in [0.717, 1.165) is 0 Å². The number of aliphatic hydroxyl groups is 3. The van der Waals surface area contributed by atoms with Crippen LogP contribution in [0.1, 0.15) is 13.3 Å². The molecule has 0 aliphatic carbocycles. The SMILES string of the molecule is CCC(CO)(CO)CO.O=C(O)C=CC(=O)O. The molecule has 0 radical (unpaired) electrons. The normalized spacial score (nSPS) is 10.8. The van der Waals surface area contributed by atoms with Gasteiger partial charge in [-0.25, -0.2) is 9.59 Å². The predicted molar refractivity (Wildman–Crippen MR) is 58.4 cm³/mol. The topological polar surface area (TPSA) is 135 Å². The van der Waals surface area contributed by atoms with Gasteiger partial charge >= 0.3 is 11.9 Å². The lowest BCUT2D eigenvalue weighted by Crippen LogP contribution is -2.32. The lowest BCUT2D eigenvalue weighted by Gasteiger charge is -2.24. The average molecular weight is 250 g/mol. The fourth-order valence-electron chi connectivity index (χ4n) is 0.628. The van der Waals surface area contributed by atoms with Gasteiger partial charge in [-0.2, -0.15) is 0 Å². The monoisotopic (exact) mass is 250 g/mol. The van der Waals surface area contributed by atoms with E-state index in [1.54, 1.807) is 0 Å². The Bertz CT molecular complexity index is 222. The van der Waals surface area contributed by atoms with E-state index in [4.69, 9.17) is 25.5 Å². The Hall–Kier alpha value is -1.44. The molecule has 0 fully saturated rings. The number of carboxylic acids is 2. The molecule has 17 heavy (non-hydrogen) atoms. The van der Waals surface area contributed by atoms with Crippen LogP contribution in [0.5, 0.6) is 0 Å². The highest BCUT2D eigenvalue weighted by atomic mass is 16.4. The molecule has 0 aliphatic heterocycles. The van der Waals surface area contributed by atoms with Crippen LogP contribution in [0, 0.1) is 5.41 Å². The first-order chi connectivity index (χ1) is 7.87. The largest absolute Gasteiger partial charge is 0.478 e. The number of carboxylic acid groups (broad SMARTS) is 2. The van der Waals surface area contributed by atoms with Gasteiger partial charge in [0, 0.05) is 17.6 Å². The first kappa shape index (κ1) is 17.9. The number of aliphatic carboxylic acids is 2. The van der Waals surface area contributed by atoms with E-state index in [9.17, 15) is 9.59 Å². The average Bonchev–Trinajstić information content (AvgIpc) is 2.31. The summed E-state index contributed by atoms with van der Waals surface area (Å²) >= 11 is 0. The molecule has 0 rings (SSSR count). The van der Waals surface area contributed by atoms with Gasteiger partial charge in [-0.15, -0.1) is 0 Å². The predicted octanol–water partition coefficient (Wildman–Crippen LogP) is -0.928. The van der Waals surface area contributed by atoms with Crippen LogP contribution < -0.4 is 0 Å². The highest BCUT2D eigenvalue weighted by Gasteiger charge is 2.24. The maximum atomic E-state index is 9.55. The third kappa shape index (κ3) is 9.49. The van der Waals surface area contributed by atoms with E-state index >= 15 is 0 Å². The van der Waals surface area contributed by atoms with E-state index in [1.807, 2.05) is 6.92 Å². The van der Waals surface area contributed by atoms with Gasteiger partial charge in [0.1, 0.15) is 0 Å². The summed E-state index contributed by atoms with van der Waals surface area (Å²) in [6.07, 6.45) is 1.71. The molecule has 0 saturated heterocycles. The Morgan fingerprint density at radius 3 is 1.29 bits per heavy atom. The van der Waals surface area contributed by atoms with Crippen molar-refractivity contribution in [3.05, 3.63) is 12.2 Å². The summed E-state index contributed by atoms with van der Waals surface area (Å²) < 4.78 is 0. The van der Waals surface area contributed by atoms with Gasteiger partial charge in [0.25, 0.3) is 0 Å². The van der Waals surface area contributed by atoms with Gasteiger partial charge in [-0.05, 0) is 6.42 Å². The van der Waals surface area contributed by atoms with Gasteiger partial charge in [-0.1, -0.05) is 6.92 Å². The van der Waals surface area contributed by atoms with Crippen LogP contribution in [-0.2, 0) is 9.59 Å². The van der Waals surface area contributed by atoms with Crippen molar-refractivity contribution >= 4 is 11.9 Å². The first-order valence-corrected chi connectivity index (χ1v) is 4.84. The summed E-state index contributed by atoms with van der Waals surface area (Å²) in [5, 5.41) is 41.6. The van der Waals surface area contributed by atoms with Crippen LogP contribution in [-0.4, -0.2) is 57.3 Å². The summed E-state index contributed by atoms with van der Waals surface area (Å²) in [5.41, 5.74) is -0.667. The summed E-state index contributed by atoms with van der Waals surface area (Å²) in [6, 6.07) is 0.